The fourth-order valence-corrected chi connectivity index (χ4v) is 1.85. The van der Waals surface area contributed by atoms with Crippen molar-refractivity contribution in [3.05, 3.63) is 31.8 Å². The van der Waals surface area contributed by atoms with Crippen LogP contribution in [-0.2, 0) is 11.2 Å². The molecule has 0 fully saturated rings. The largest absolute Gasteiger partial charge is 0.303 e. The van der Waals surface area contributed by atoms with Crippen molar-refractivity contribution in [2.75, 3.05) is 0 Å². The molecule has 0 bridgehead atoms. The van der Waals surface area contributed by atoms with Gasteiger partial charge in [-0.15, -0.1) is 0 Å². The molecule has 1 rings (SSSR count). The first-order chi connectivity index (χ1) is 6.13. The molecule has 70 valence electrons. The number of halogens is 2. The van der Waals surface area contributed by atoms with E-state index in [-0.39, 0.29) is 5.92 Å². The smallest absolute Gasteiger partial charge is 0.123 e. The Hall–Kier alpha value is 0.1000. The Morgan fingerprint density at radius 2 is 2.31 bits per heavy atom. The van der Waals surface area contributed by atoms with Gasteiger partial charge in [0.1, 0.15) is 6.29 Å². The zero-order valence-electron chi connectivity index (χ0n) is 7.26. The van der Waals surface area contributed by atoms with Crippen LogP contribution in [0.25, 0.3) is 0 Å². The number of rotatable bonds is 3. The van der Waals surface area contributed by atoms with Crippen molar-refractivity contribution in [1.82, 2.24) is 0 Å². The topological polar surface area (TPSA) is 17.1 Å². The maximum atomic E-state index is 10.4. The lowest BCUT2D eigenvalue weighted by Crippen LogP contribution is -2.00. The van der Waals surface area contributed by atoms with Crippen LogP contribution in [0.4, 0.5) is 0 Å². The second-order valence-electron chi connectivity index (χ2n) is 3.07. The second-order valence-corrected chi connectivity index (χ2v) is 5.08. The van der Waals surface area contributed by atoms with Gasteiger partial charge in [-0.1, -0.05) is 13.0 Å². The standard InChI is InChI=1S/C10H10BrIO/c1-7(6-13)4-8-2-3-10(12)9(11)5-8/h2-3,5-7H,4H2,1H3. The maximum Gasteiger partial charge on any atom is 0.123 e. The van der Waals surface area contributed by atoms with E-state index in [2.05, 4.69) is 56.7 Å². The van der Waals surface area contributed by atoms with Gasteiger partial charge in [0.05, 0.1) is 0 Å². The fourth-order valence-electron chi connectivity index (χ4n) is 1.09. The Bertz CT molecular complexity index is 312. The van der Waals surface area contributed by atoms with Crippen molar-refractivity contribution in [3.63, 3.8) is 0 Å². The number of carbonyl (C=O) groups excluding carboxylic acids is 1. The molecule has 0 saturated heterocycles. The molecule has 1 unspecified atom stereocenters. The average molecular weight is 353 g/mol. The first-order valence-corrected chi connectivity index (χ1v) is 5.90. The number of hydrogen-bond donors (Lipinski definition) is 0. The first kappa shape index (κ1) is 11.2. The monoisotopic (exact) mass is 352 g/mol. The summed E-state index contributed by atoms with van der Waals surface area (Å²) in [4.78, 5) is 10.4. The lowest BCUT2D eigenvalue weighted by atomic mass is 10.0. The van der Waals surface area contributed by atoms with E-state index in [1.165, 1.54) is 9.13 Å². The zero-order valence-corrected chi connectivity index (χ0v) is 11.0. The fraction of sp³-hybridized carbons (Fsp3) is 0.300. The summed E-state index contributed by atoms with van der Waals surface area (Å²) >= 11 is 5.73. The van der Waals surface area contributed by atoms with E-state index in [0.29, 0.717) is 0 Å². The summed E-state index contributed by atoms with van der Waals surface area (Å²) in [5, 5.41) is 0. The molecular formula is C10H10BrIO. The lowest BCUT2D eigenvalue weighted by molar-refractivity contribution is -0.110. The molecule has 0 N–H and O–H groups in total. The van der Waals surface area contributed by atoms with Crippen LogP contribution >= 0.6 is 38.5 Å². The average Bonchev–Trinajstić information content (AvgIpc) is 2.11. The van der Waals surface area contributed by atoms with Crippen LogP contribution in [0.5, 0.6) is 0 Å². The normalized spacial score (nSPS) is 12.5. The van der Waals surface area contributed by atoms with Gasteiger partial charge in [0.2, 0.25) is 0 Å². The molecule has 0 aliphatic heterocycles. The Morgan fingerprint density at radius 3 is 2.85 bits per heavy atom. The van der Waals surface area contributed by atoms with Gasteiger partial charge in [-0.05, 0) is 62.6 Å². The molecule has 1 nitrogen and oxygen atoms in total. The molecule has 0 amide bonds. The second kappa shape index (κ2) is 5.10. The third-order valence-corrected chi connectivity index (χ3v) is 4.11. The Morgan fingerprint density at radius 1 is 1.62 bits per heavy atom. The Kier molecular flexibility index (Phi) is 4.38. The molecule has 0 radical (unpaired) electrons. The predicted molar refractivity (Wildman–Crippen MR) is 65.8 cm³/mol. The van der Waals surface area contributed by atoms with E-state index in [9.17, 15) is 4.79 Å². The van der Waals surface area contributed by atoms with Crippen LogP contribution < -0.4 is 0 Å². The minimum absolute atomic E-state index is 0.104. The SMILES string of the molecule is CC(C=O)Cc1ccc(I)c(Br)c1. The maximum absolute atomic E-state index is 10.4. The zero-order chi connectivity index (χ0) is 9.84. The molecule has 0 saturated carbocycles. The predicted octanol–water partition coefficient (Wildman–Crippen LogP) is 3.43. The number of benzene rings is 1. The number of hydrogen-bond acceptors (Lipinski definition) is 1. The molecule has 3 heteroatoms. The third kappa shape index (κ3) is 3.38. The lowest BCUT2D eigenvalue weighted by Gasteiger charge is -2.05. The summed E-state index contributed by atoms with van der Waals surface area (Å²) in [5.74, 6) is 0.104. The molecule has 0 aliphatic carbocycles. The number of carbonyl (C=O) groups is 1. The molecule has 1 aromatic carbocycles. The summed E-state index contributed by atoms with van der Waals surface area (Å²) < 4.78 is 2.30. The van der Waals surface area contributed by atoms with Gasteiger partial charge in [-0.25, -0.2) is 0 Å². The van der Waals surface area contributed by atoms with E-state index in [0.717, 1.165) is 17.2 Å². The molecule has 0 aromatic heterocycles. The summed E-state index contributed by atoms with van der Waals surface area (Å²) in [6, 6.07) is 6.19. The minimum Gasteiger partial charge on any atom is -0.303 e. The molecule has 1 atom stereocenters. The summed E-state index contributed by atoms with van der Waals surface area (Å²) in [6.07, 6.45) is 1.81. The molecule has 0 heterocycles. The van der Waals surface area contributed by atoms with E-state index in [1.807, 2.05) is 6.92 Å². The molecule has 13 heavy (non-hydrogen) atoms. The van der Waals surface area contributed by atoms with Gasteiger partial charge in [-0.2, -0.15) is 0 Å². The van der Waals surface area contributed by atoms with Crippen LogP contribution in [0, 0.1) is 9.49 Å². The third-order valence-electron chi connectivity index (χ3n) is 1.77. The minimum atomic E-state index is 0.104. The van der Waals surface area contributed by atoms with Gasteiger partial charge >= 0.3 is 0 Å². The molecular weight excluding hydrogens is 343 g/mol. The van der Waals surface area contributed by atoms with Crippen LogP contribution in [-0.4, -0.2) is 6.29 Å². The van der Waals surface area contributed by atoms with Crippen LogP contribution in [0.2, 0.25) is 0 Å². The van der Waals surface area contributed by atoms with Crippen molar-refractivity contribution in [3.8, 4) is 0 Å². The van der Waals surface area contributed by atoms with Gasteiger partial charge in [0, 0.05) is 14.0 Å². The summed E-state index contributed by atoms with van der Waals surface area (Å²) in [7, 11) is 0. The first-order valence-electron chi connectivity index (χ1n) is 4.02. The summed E-state index contributed by atoms with van der Waals surface area (Å²) in [5.41, 5.74) is 1.20. The van der Waals surface area contributed by atoms with E-state index in [4.69, 9.17) is 0 Å². The molecule has 1 aromatic rings. The van der Waals surface area contributed by atoms with Gasteiger partial charge < -0.3 is 4.79 Å². The highest BCUT2D eigenvalue weighted by molar-refractivity contribution is 14.1. The van der Waals surface area contributed by atoms with E-state index in [1.54, 1.807) is 0 Å². The van der Waals surface area contributed by atoms with Crippen LogP contribution in [0.15, 0.2) is 22.7 Å². The summed E-state index contributed by atoms with van der Waals surface area (Å²) in [6.45, 7) is 1.93. The highest BCUT2D eigenvalue weighted by Crippen LogP contribution is 2.21. The van der Waals surface area contributed by atoms with Crippen molar-refractivity contribution in [2.24, 2.45) is 5.92 Å². The van der Waals surface area contributed by atoms with Crippen molar-refractivity contribution < 1.29 is 4.79 Å². The van der Waals surface area contributed by atoms with Crippen LogP contribution in [0.3, 0.4) is 0 Å². The van der Waals surface area contributed by atoms with Crippen molar-refractivity contribution in [1.29, 1.82) is 0 Å². The van der Waals surface area contributed by atoms with Crippen LogP contribution in [0.1, 0.15) is 12.5 Å². The quantitative estimate of drug-likeness (QED) is 0.601. The van der Waals surface area contributed by atoms with Gasteiger partial charge in [0.15, 0.2) is 0 Å². The van der Waals surface area contributed by atoms with Crippen molar-refractivity contribution >= 4 is 44.8 Å². The number of aldehydes is 1. The Labute approximate surface area is 100 Å². The highest BCUT2D eigenvalue weighted by atomic mass is 127. The molecule has 0 aliphatic rings. The van der Waals surface area contributed by atoms with Gasteiger partial charge in [0.25, 0.3) is 0 Å². The van der Waals surface area contributed by atoms with E-state index >= 15 is 0 Å². The highest BCUT2D eigenvalue weighted by Gasteiger charge is 2.03. The Balaban J connectivity index is 2.79. The van der Waals surface area contributed by atoms with Crippen molar-refractivity contribution in [2.45, 2.75) is 13.3 Å². The van der Waals surface area contributed by atoms with Gasteiger partial charge in [-0.3, -0.25) is 0 Å². The van der Waals surface area contributed by atoms with E-state index < -0.39 is 0 Å². The molecule has 0 spiro atoms.